The van der Waals surface area contributed by atoms with Gasteiger partial charge in [-0.2, -0.15) is 4.31 Å². The summed E-state index contributed by atoms with van der Waals surface area (Å²) in [5.41, 5.74) is 2.38. The second kappa shape index (κ2) is 8.84. The van der Waals surface area contributed by atoms with Crippen molar-refractivity contribution in [3.8, 4) is 0 Å². The SMILES string of the molecule is CCCOCCN(CC(=O)NO)S(=O)(=O)c1ccc(C)cc1. The fourth-order valence-electron chi connectivity index (χ4n) is 1.75. The van der Waals surface area contributed by atoms with Crippen LogP contribution in [0.3, 0.4) is 0 Å². The molecule has 0 spiro atoms. The smallest absolute Gasteiger partial charge is 0.258 e. The Labute approximate surface area is 130 Å². The highest BCUT2D eigenvalue weighted by molar-refractivity contribution is 7.89. The van der Waals surface area contributed by atoms with Crippen LogP contribution in [0, 0.1) is 6.92 Å². The quantitative estimate of drug-likeness (QED) is 0.399. The zero-order chi connectivity index (χ0) is 16.6. The normalized spacial score (nSPS) is 11.6. The van der Waals surface area contributed by atoms with E-state index in [2.05, 4.69) is 0 Å². The van der Waals surface area contributed by atoms with E-state index in [1.807, 2.05) is 13.8 Å². The summed E-state index contributed by atoms with van der Waals surface area (Å²) in [6.45, 7) is 4.06. The second-order valence-corrected chi connectivity index (χ2v) is 6.74. The number of hydrogen-bond donors (Lipinski definition) is 2. The Morgan fingerprint density at radius 3 is 2.45 bits per heavy atom. The van der Waals surface area contributed by atoms with E-state index < -0.39 is 22.5 Å². The maximum atomic E-state index is 12.6. The van der Waals surface area contributed by atoms with Crippen molar-refractivity contribution < 1.29 is 23.2 Å². The third-order valence-corrected chi connectivity index (χ3v) is 4.80. The monoisotopic (exact) mass is 330 g/mol. The number of hydroxylamine groups is 1. The minimum atomic E-state index is -3.83. The van der Waals surface area contributed by atoms with Gasteiger partial charge in [-0.15, -0.1) is 0 Å². The fourth-order valence-corrected chi connectivity index (χ4v) is 3.13. The molecule has 0 heterocycles. The van der Waals surface area contributed by atoms with Crippen LogP contribution in [0.15, 0.2) is 29.2 Å². The second-order valence-electron chi connectivity index (χ2n) is 4.80. The highest BCUT2D eigenvalue weighted by atomic mass is 32.2. The Bertz CT molecular complexity index is 571. The molecule has 1 rings (SSSR count). The van der Waals surface area contributed by atoms with Gasteiger partial charge < -0.3 is 4.74 Å². The van der Waals surface area contributed by atoms with E-state index >= 15 is 0 Å². The lowest BCUT2D eigenvalue weighted by Crippen LogP contribution is -2.41. The van der Waals surface area contributed by atoms with Crippen LogP contribution in [0.2, 0.25) is 0 Å². The van der Waals surface area contributed by atoms with Gasteiger partial charge in [0.05, 0.1) is 18.0 Å². The maximum Gasteiger partial charge on any atom is 0.258 e. The maximum absolute atomic E-state index is 12.6. The van der Waals surface area contributed by atoms with Gasteiger partial charge in [-0.05, 0) is 25.5 Å². The minimum Gasteiger partial charge on any atom is -0.380 e. The van der Waals surface area contributed by atoms with Crippen molar-refractivity contribution in [2.45, 2.75) is 25.2 Å². The summed E-state index contributed by atoms with van der Waals surface area (Å²) < 4.78 is 31.4. The Balaban J connectivity index is 2.91. The number of rotatable bonds is 9. The number of carbonyl (C=O) groups excluding carboxylic acids is 1. The standard InChI is InChI=1S/C14H22N2O5S/c1-3-9-21-10-8-16(11-14(17)15-18)22(19,20)13-6-4-12(2)5-7-13/h4-7,18H,3,8-11H2,1-2H3,(H,15,17). The van der Waals surface area contributed by atoms with E-state index in [4.69, 9.17) is 9.94 Å². The van der Waals surface area contributed by atoms with Gasteiger partial charge in [0.1, 0.15) is 0 Å². The Morgan fingerprint density at radius 2 is 1.91 bits per heavy atom. The molecular weight excluding hydrogens is 308 g/mol. The van der Waals surface area contributed by atoms with E-state index in [0.29, 0.717) is 6.61 Å². The molecule has 0 radical (unpaired) electrons. The number of carbonyl (C=O) groups is 1. The number of hydrogen-bond acceptors (Lipinski definition) is 5. The lowest BCUT2D eigenvalue weighted by molar-refractivity contribution is -0.129. The molecule has 0 aliphatic carbocycles. The Hall–Kier alpha value is -1.48. The first kappa shape index (κ1) is 18.6. The number of aryl methyl sites for hydroxylation is 1. The summed E-state index contributed by atoms with van der Waals surface area (Å²) in [7, 11) is -3.83. The molecule has 0 saturated heterocycles. The molecule has 0 aromatic heterocycles. The topological polar surface area (TPSA) is 95.9 Å². The van der Waals surface area contributed by atoms with Crippen LogP contribution in [0.1, 0.15) is 18.9 Å². The molecule has 7 nitrogen and oxygen atoms in total. The molecule has 8 heteroatoms. The lowest BCUT2D eigenvalue weighted by Gasteiger charge is -2.21. The number of nitrogens with one attached hydrogen (secondary N) is 1. The molecule has 1 amide bonds. The van der Waals surface area contributed by atoms with Crippen molar-refractivity contribution in [3.05, 3.63) is 29.8 Å². The van der Waals surface area contributed by atoms with E-state index in [9.17, 15) is 13.2 Å². The van der Waals surface area contributed by atoms with Gasteiger partial charge in [-0.3, -0.25) is 10.0 Å². The zero-order valence-corrected chi connectivity index (χ0v) is 13.6. The molecule has 0 bridgehead atoms. The summed E-state index contributed by atoms with van der Waals surface area (Å²) in [6.07, 6.45) is 0.821. The minimum absolute atomic E-state index is 0.0314. The number of amides is 1. The van der Waals surface area contributed by atoms with Crippen molar-refractivity contribution in [1.29, 1.82) is 0 Å². The molecule has 0 aliphatic rings. The van der Waals surface area contributed by atoms with Crippen LogP contribution in [-0.4, -0.2) is 50.1 Å². The first-order chi connectivity index (χ1) is 10.4. The van der Waals surface area contributed by atoms with Crippen LogP contribution in [-0.2, 0) is 19.6 Å². The highest BCUT2D eigenvalue weighted by Gasteiger charge is 2.26. The molecule has 22 heavy (non-hydrogen) atoms. The van der Waals surface area contributed by atoms with Gasteiger partial charge in [0.25, 0.3) is 5.91 Å². The average molecular weight is 330 g/mol. The van der Waals surface area contributed by atoms with Gasteiger partial charge in [0, 0.05) is 13.2 Å². The zero-order valence-electron chi connectivity index (χ0n) is 12.8. The third-order valence-electron chi connectivity index (χ3n) is 2.94. The number of sulfonamides is 1. The van der Waals surface area contributed by atoms with Crippen molar-refractivity contribution >= 4 is 15.9 Å². The van der Waals surface area contributed by atoms with Crippen LogP contribution in [0.25, 0.3) is 0 Å². The van der Waals surface area contributed by atoms with Crippen LogP contribution < -0.4 is 5.48 Å². The molecule has 1 aromatic carbocycles. The van der Waals surface area contributed by atoms with Crippen molar-refractivity contribution in [1.82, 2.24) is 9.79 Å². The molecule has 0 atom stereocenters. The van der Waals surface area contributed by atoms with Crippen LogP contribution >= 0.6 is 0 Å². The van der Waals surface area contributed by atoms with Crippen molar-refractivity contribution in [2.75, 3.05) is 26.3 Å². The molecule has 1 aromatic rings. The van der Waals surface area contributed by atoms with Gasteiger partial charge in [0.15, 0.2) is 0 Å². The van der Waals surface area contributed by atoms with Crippen LogP contribution in [0.5, 0.6) is 0 Å². The van der Waals surface area contributed by atoms with Gasteiger partial charge >= 0.3 is 0 Å². The molecule has 0 aliphatic heterocycles. The first-order valence-electron chi connectivity index (χ1n) is 6.99. The third kappa shape index (κ3) is 5.38. The van der Waals surface area contributed by atoms with Gasteiger partial charge in [0.2, 0.25) is 10.0 Å². The predicted molar refractivity (Wildman–Crippen MR) is 81.0 cm³/mol. The van der Waals surface area contributed by atoms with Gasteiger partial charge in [-0.25, -0.2) is 13.9 Å². The fraction of sp³-hybridized carbons (Fsp3) is 0.500. The molecule has 0 fully saturated rings. The number of ether oxygens (including phenoxy) is 1. The van der Waals surface area contributed by atoms with Crippen LogP contribution in [0.4, 0.5) is 0 Å². The summed E-state index contributed by atoms with van der Waals surface area (Å²) in [6, 6.07) is 6.35. The average Bonchev–Trinajstić information content (AvgIpc) is 2.50. The molecule has 0 unspecified atom stereocenters. The van der Waals surface area contributed by atoms with E-state index in [1.54, 1.807) is 12.1 Å². The largest absolute Gasteiger partial charge is 0.380 e. The molecule has 0 saturated carbocycles. The summed E-state index contributed by atoms with van der Waals surface area (Å²) in [4.78, 5) is 11.4. The lowest BCUT2D eigenvalue weighted by atomic mass is 10.2. The van der Waals surface area contributed by atoms with E-state index in [1.165, 1.54) is 17.6 Å². The number of benzene rings is 1. The molecule has 2 N–H and O–H groups in total. The summed E-state index contributed by atoms with van der Waals surface area (Å²) in [5.74, 6) is -0.800. The Kier molecular flexibility index (Phi) is 7.46. The number of nitrogens with zero attached hydrogens (tertiary/aromatic N) is 1. The first-order valence-corrected chi connectivity index (χ1v) is 8.43. The summed E-state index contributed by atoms with van der Waals surface area (Å²) >= 11 is 0. The van der Waals surface area contributed by atoms with Crippen molar-refractivity contribution in [3.63, 3.8) is 0 Å². The van der Waals surface area contributed by atoms with E-state index in [0.717, 1.165) is 16.3 Å². The predicted octanol–water partition coefficient (Wildman–Crippen LogP) is 0.918. The highest BCUT2D eigenvalue weighted by Crippen LogP contribution is 2.16. The van der Waals surface area contributed by atoms with Crippen molar-refractivity contribution in [2.24, 2.45) is 0 Å². The summed E-state index contributed by atoms with van der Waals surface area (Å²) in [5, 5.41) is 8.61. The Morgan fingerprint density at radius 1 is 1.27 bits per heavy atom. The molecular formula is C14H22N2O5S. The van der Waals surface area contributed by atoms with E-state index in [-0.39, 0.29) is 18.0 Å². The van der Waals surface area contributed by atoms with Gasteiger partial charge in [-0.1, -0.05) is 24.6 Å². The molecule has 124 valence electrons.